The van der Waals surface area contributed by atoms with Crippen LogP contribution in [0.5, 0.6) is 0 Å². The third-order valence-electron chi connectivity index (χ3n) is 8.17. The molecule has 6 rings (SSSR count). The molecule has 0 aromatic carbocycles. The van der Waals surface area contributed by atoms with E-state index in [0.717, 1.165) is 64.9 Å². The largest absolute Gasteiger partial charge is 0.248 e. The van der Waals surface area contributed by atoms with Crippen molar-refractivity contribution in [2.75, 3.05) is 0 Å². The Balaban J connectivity index is 1.64. The van der Waals surface area contributed by atoms with Gasteiger partial charge in [0.15, 0.2) is 0 Å². The fourth-order valence-electron chi connectivity index (χ4n) is 6.17. The minimum atomic E-state index is 0.440. The zero-order chi connectivity index (χ0) is 24.6. The van der Waals surface area contributed by atoms with Crippen LogP contribution < -0.4 is 0 Å². The third kappa shape index (κ3) is 3.19. The summed E-state index contributed by atoms with van der Waals surface area (Å²) in [4.78, 5) is 20.5. The van der Waals surface area contributed by atoms with E-state index < -0.39 is 0 Å². The summed E-state index contributed by atoms with van der Waals surface area (Å²) < 4.78 is 0. The van der Waals surface area contributed by atoms with Crippen LogP contribution in [0.25, 0.3) is 0 Å². The minimum Gasteiger partial charge on any atom is -0.248 e. The maximum atomic E-state index is 5.17. The second kappa shape index (κ2) is 7.81. The Labute approximate surface area is 208 Å². The summed E-state index contributed by atoms with van der Waals surface area (Å²) in [5.74, 6) is 0.440. The van der Waals surface area contributed by atoms with Gasteiger partial charge in [0.2, 0.25) is 0 Å². The first-order chi connectivity index (χ1) is 16.8. The summed E-state index contributed by atoms with van der Waals surface area (Å²) >= 11 is 0. The van der Waals surface area contributed by atoms with E-state index in [1.807, 2.05) is 0 Å². The van der Waals surface area contributed by atoms with Crippen molar-refractivity contribution >= 4 is 22.8 Å². The van der Waals surface area contributed by atoms with E-state index in [1.54, 1.807) is 0 Å². The Kier molecular flexibility index (Phi) is 4.93. The molecule has 4 heteroatoms. The molecule has 5 aliphatic heterocycles. The molecule has 1 aliphatic carbocycles. The molecule has 6 aliphatic rings. The zero-order valence-electron chi connectivity index (χ0n) is 21.8. The Morgan fingerprint density at radius 3 is 1.80 bits per heavy atom. The smallest absolute Gasteiger partial charge is 0.0729 e. The maximum absolute atomic E-state index is 5.17. The number of allylic oxidation sites excluding steroid dienone is 12. The molecule has 5 heterocycles. The molecule has 0 spiro atoms. The van der Waals surface area contributed by atoms with Gasteiger partial charge in [-0.3, -0.25) is 0 Å². The van der Waals surface area contributed by atoms with Gasteiger partial charge in [0.1, 0.15) is 0 Å². The summed E-state index contributed by atoms with van der Waals surface area (Å²) in [6, 6.07) is 0. The summed E-state index contributed by atoms with van der Waals surface area (Å²) in [5.41, 5.74) is 18.5. The summed E-state index contributed by atoms with van der Waals surface area (Å²) in [6.07, 6.45) is 11.6. The van der Waals surface area contributed by atoms with Gasteiger partial charge in [-0.05, 0) is 116 Å². The first kappa shape index (κ1) is 22.1. The highest BCUT2D eigenvalue weighted by molar-refractivity contribution is 6.20. The Morgan fingerprint density at radius 2 is 1.20 bits per heavy atom. The quantitative estimate of drug-likeness (QED) is 0.410. The third-order valence-corrected chi connectivity index (χ3v) is 8.17. The lowest BCUT2D eigenvalue weighted by molar-refractivity contribution is 0.729. The van der Waals surface area contributed by atoms with E-state index in [4.69, 9.17) is 20.0 Å². The van der Waals surface area contributed by atoms with Crippen molar-refractivity contribution in [1.29, 1.82) is 0 Å². The fraction of sp³-hybridized carbons (Fsp3) is 0.355. The van der Waals surface area contributed by atoms with Crippen LogP contribution in [0.3, 0.4) is 0 Å². The van der Waals surface area contributed by atoms with E-state index in [1.165, 1.54) is 44.6 Å². The van der Waals surface area contributed by atoms with E-state index in [-0.39, 0.29) is 0 Å². The molecule has 0 aromatic rings. The van der Waals surface area contributed by atoms with Gasteiger partial charge < -0.3 is 0 Å². The van der Waals surface area contributed by atoms with Gasteiger partial charge in [-0.1, -0.05) is 20.8 Å². The predicted octanol–water partition coefficient (Wildman–Crippen LogP) is 7.48. The van der Waals surface area contributed by atoms with Crippen molar-refractivity contribution in [1.82, 2.24) is 0 Å². The van der Waals surface area contributed by atoms with Crippen LogP contribution in [-0.2, 0) is 0 Å². The topological polar surface area (TPSA) is 49.4 Å². The van der Waals surface area contributed by atoms with E-state index in [9.17, 15) is 0 Å². The monoisotopic (exact) mass is 460 g/mol. The Morgan fingerprint density at radius 1 is 0.657 bits per heavy atom. The molecule has 35 heavy (non-hydrogen) atoms. The highest BCUT2D eigenvalue weighted by Crippen LogP contribution is 2.45. The summed E-state index contributed by atoms with van der Waals surface area (Å²) in [5, 5.41) is 0. The molecule has 0 saturated heterocycles. The van der Waals surface area contributed by atoms with Gasteiger partial charge in [0.05, 0.1) is 45.6 Å². The maximum Gasteiger partial charge on any atom is 0.0729 e. The average Bonchev–Trinajstić information content (AvgIpc) is 3.58. The number of nitrogens with zero attached hydrogens (tertiary/aromatic N) is 4. The molecular weight excluding hydrogens is 428 g/mol. The SMILES string of the molecule is CCC1=C(C)C2=CC3=NC(=CC4=NC5=C(CC(C)C5=C4C)C4=NC(=CC1=N2)C(C)=C4)C(C)=C3CC. The van der Waals surface area contributed by atoms with Crippen LogP contribution in [0.2, 0.25) is 0 Å². The van der Waals surface area contributed by atoms with Gasteiger partial charge in [-0.25, -0.2) is 20.0 Å². The summed E-state index contributed by atoms with van der Waals surface area (Å²) in [6.45, 7) is 15.5. The fourth-order valence-corrected chi connectivity index (χ4v) is 6.17. The second-order valence-corrected chi connectivity index (χ2v) is 10.3. The Hall–Kier alpha value is -3.40. The van der Waals surface area contributed by atoms with Crippen LogP contribution >= 0.6 is 0 Å². The number of hydrogen-bond acceptors (Lipinski definition) is 4. The first-order valence-corrected chi connectivity index (χ1v) is 12.8. The first-order valence-electron chi connectivity index (χ1n) is 12.8. The van der Waals surface area contributed by atoms with Crippen LogP contribution in [0.1, 0.15) is 67.7 Å². The van der Waals surface area contributed by atoms with Gasteiger partial charge in [0.25, 0.3) is 0 Å². The molecule has 4 nitrogen and oxygen atoms in total. The van der Waals surface area contributed by atoms with Crippen molar-refractivity contribution < 1.29 is 0 Å². The Bertz CT molecular complexity index is 1500. The number of aliphatic imine (C=N–C) groups is 4. The highest BCUT2D eigenvalue weighted by atomic mass is 14.9. The van der Waals surface area contributed by atoms with Crippen molar-refractivity contribution in [3.05, 3.63) is 91.7 Å². The molecule has 1 unspecified atom stereocenters. The van der Waals surface area contributed by atoms with Gasteiger partial charge in [-0.15, -0.1) is 0 Å². The normalized spacial score (nSPS) is 25.2. The molecule has 0 amide bonds. The number of rotatable bonds is 2. The van der Waals surface area contributed by atoms with Crippen molar-refractivity contribution in [3.63, 3.8) is 0 Å². The average molecular weight is 461 g/mol. The lowest BCUT2D eigenvalue weighted by Crippen LogP contribution is -2.01. The standard InChI is InChI=1S/C31H32N4/c1-8-20-18(6)25-14-29-21(9-2)17(5)24(33-29)13-26-19(7)30-16(4)10-22(31(30)35-26)27-11-15(3)23(32-27)12-28(20)34-25/h11-14,16H,8-10H2,1-7H3. The molecule has 0 saturated carbocycles. The molecule has 176 valence electrons. The zero-order valence-corrected chi connectivity index (χ0v) is 21.8. The van der Waals surface area contributed by atoms with Crippen molar-refractivity contribution in [3.8, 4) is 0 Å². The molecule has 0 aromatic heterocycles. The van der Waals surface area contributed by atoms with Gasteiger partial charge in [-0.2, -0.15) is 0 Å². The second-order valence-electron chi connectivity index (χ2n) is 10.3. The molecule has 0 fully saturated rings. The number of fused-ring (bicyclic) bond motifs is 4. The number of hydrogen-bond donors (Lipinski definition) is 0. The lowest BCUT2D eigenvalue weighted by atomic mass is 9.96. The van der Waals surface area contributed by atoms with Crippen molar-refractivity contribution in [2.45, 2.75) is 67.7 Å². The molecule has 0 N–H and O–H groups in total. The molecular formula is C31H32N4. The van der Waals surface area contributed by atoms with Crippen LogP contribution in [0.15, 0.2) is 112 Å². The van der Waals surface area contributed by atoms with Crippen LogP contribution in [0.4, 0.5) is 0 Å². The molecule has 0 radical (unpaired) electrons. The van der Waals surface area contributed by atoms with E-state index >= 15 is 0 Å². The van der Waals surface area contributed by atoms with E-state index in [0.29, 0.717) is 5.92 Å². The van der Waals surface area contributed by atoms with E-state index in [2.05, 4.69) is 72.8 Å². The van der Waals surface area contributed by atoms with Gasteiger partial charge in [0, 0.05) is 5.57 Å². The predicted molar refractivity (Wildman–Crippen MR) is 147 cm³/mol. The van der Waals surface area contributed by atoms with Crippen molar-refractivity contribution in [2.24, 2.45) is 25.9 Å². The lowest BCUT2D eigenvalue weighted by Gasteiger charge is -2.07. The minimum absolute atomic E-state index is 0.440. The van der Waals surface area contributed by atoms with Crippen LogP contribution in [0, 0.1) is 5.92 Å². The summed E-state index contributed by atoms with van der Waals surface area (Å²) in [7, 11) is 0. The van der Waals surface area contributed by atoms with Crippen LogP contribution in [-0.4, -0.2) is 22.8 Å². The molecule has 8 bridgehead atoms. The molecule has 1 atom stereocenters. The highest BCUT2D eigenvalue weighted by Gasteiger charge is 2.36. The van der Waals surface area contributed by atoms with Gasteiger partial charge >= 0.3 is 0 Å².